The van der Waals surface area contributed by atoms with Crippen LogP contribution < -0.4 is 0 Å². The average Bonchev–Trinajstić information content (AvgIpc) is 1.64. The van der Waals surface area contributed by atoms with Gasteiger partial charge in [0.05, 0.1) is 94.7 Å². The molecule has 0 aliphatic rings. The van der Waals surface area contributed by atoms with Gasteiger partial charge in [-0.05, 0) is 164 Å². The summed E-state index contributed by atoms with van der Waals surface area (Å²) in [5.74, 6) is 0. The van der Waals surface area contributed by atoms with Crippen LogP contribution in [0.1, 0.15) is 272 Å². The first-order chi connectivity index (χ1) is 55.6. The van der Waals surface area contributed by atoms with Crippen LogP contribution in [-0.4, -0.2) is 0 Å². The van der Waals surface area contributed by atoms with E-state index in [0.29, 0.717) is 27.1 Å². The molecule has 0 fully saturated rings. The molecule has 11 aromatic rings. The maximum absolute atomic E-state index is 5.20. The Morgan fingerprint density at radius 2 is 0.263 bits per heavy atom. The number of unbranched alkanes of at least 4 members (excludes halogenated alkanes) is 13. The summed E-state index contributed by atoms with van der Waals surface area (Å²) in [6.45, 7) is 23.5. The minimum absolute atomic E-state index is 0.622. The molecule has 0 N–H and O–H groups in total. The zero-order valence-electron chi connectivity index (χ0n) is 68.6. The van der Waals surface area contributed by atoms with Gasteiger partial charge in [0, 0.05) is 53.9 Å². The van der Waals surface area contributed by atoms with E-state index in [1.165, 1.54) is 155 Å². The summed E-state index contributed by atoms with van der Waals surface area (Å²) in [7, 11) is 0. The minimum atomic E-state index is 0.622. The van der Waals surface area contributed by atoms with E-state index < -0.39 is 0 Å². The Balaban J connectivity index is 0.000000652. The van der Waals surface area contributed by atoms with Crippen LogP contribution in [0.4, 0.5) is 0 Å². The molecule has 0 aromatic heterocycles. The van der Waals surface area contributed by atoms with Crippen LogP contribution in [0.3, 0.4) is 0 Å². The van der Waals surface area contributed by atoms with Crippen molar-refractivity contribution in [3.63, 3.8) is 0 Å². The van der Waals surface area contributed by atoms with E-state index in [1.807, 2.05) is 6.92 Å². The fourth-order valence-electron chi connectivity index (χ4n) is 11.1. The number of hydrogen-bond donors (Lipinski definition) is 11. The maximum atomic E-state index is 5.20. The van der Waals surface area contributed by atoms with E-state index in [9.17, 15) is 0 Å². The van der Waals surface area contributed by atoms with Crippen molar-refractivity contribution in [1.29, 1.82) is 0 Å². The van der Waals surface area contributed by atoms with E-state index in [-0.39, 0.29) is 0 Å². The number of thiol groups is 11. The second-order valence-corrected chi connectivity index (χ2v) is 41.2. The van der Waals surface area contributed by atoms with E-state index in [1.54, 1.807) is 0 Å². The van der Waals surface area contributed by atoms with Crippen LogP contribution >= 0.6 is 395 Å². The second kappa shape index (κ2) is 63.1. The molecule has 0 saturated carbocycles. The fraction of sp³-hybridized carbons (Fsp3) is 0.500. The summed E-state index contributed by atoms with van der Waals surface area (Å²) in [6.07, 6.45) is 37.9. The normalized spacial score (nSPS) is 10.7. The van der Waals surface area contributed by atoms with Gasteiger partial charge in [0.2, 0.25) is 0 Å². The van der Waals surface area contributed by atoms with Crippen LogP contribution in [0, 0.1) is 94.7 Å². The first kappa shape index (κ1) is 119. The molecule has 0 heterocycles. The predicted octanol–water partition coefficient (Wildman–Crippen LogP) is 39.1. The topological polar surface area (TPSA) is 0 Å². The van der Waals surface area contributed by atoms with Gasteiger partial charge < -0.3 is 0 Å². The number of hydrogen-bond acceptors (Lipinski definition) is 32. The Hall–Kier alpha value is 2.88. The molecule has 0 aliphatic heterocycles. The summed E-state index contributed by atoms with van der Waals surface area (Å²) in [5.41, 5.74) is 13.2. The third-order valence-corrected chi connectivity index (χ3v) is 36.2. The Morgan fingerprint density at radius 3 is 0.415 bits per heavy atom. The van der Waals surface area contributed by atoms with E-state index >= 15 is 0 Å². The Morgan fingerprint density at radius 1 is 0.127 bits per heavy atom. The molecule has 644 valence electrons. The molecule has 32 heteroatoms. The molecule has 11 rings (SSSR count). The molecule has 0 amide bonds. The van der Waals surface area contributed by atoms with Crippen molar-refractivity contribution in [2.24, 2.45) is 0 Å². The molecular weight excluding hydrogens is 2060 g/mol. The molecule has 0 unspecified atom stereocenters. The largest absolute Gasteiger partial charge is 0.142 e. The van der Waals surface area contributed by atoms with Crippen LogP contribution in [0.25, 0.3) is 0 Å². The van der Waals surface area contributed by atoms with E-state index in [0.717, 1.165) is 234 Å². The van der Waals surface area contributed by atoms with Crippen LogP contribution in [-0.2, 0) is 70.6 Å². The van der Waals surface area contributed by atoms with Crippen molar-refractivity contribution in [1.82, 2.24) is 0 Å². The fourth-order valence-corrected chi connectivity index (χ4v) is 22.0. The standard InChI is InChI=1S/C12H18S3.C11H18S2.C9H10S4.C8H8S4.C8H10S3.C7H6S4.C7H8S3.C7H10S2.C6H6S3.C6H8S2.C5H6S2/c1-2-3-4-5-6-7-8-9-10(13)12(15)11(9)14;1-2-3-4-5-6-7-8-9-10(12)11(9)13;1-2-3-4-5-6(10)8(12)9(13)7(5)11;1-2-3-4-5(9)7(11)8(12)6(4)10;1-2-3-4-5-6(9)8(11)7(5)10;1-2-3-4(8)6(10)7(11)5(3)9;1-2-3-4-5(8)7(10)6(4)9;1-2-3-4-5-6(8)7(5)9;1-2-3-4(7)6(9)5(3)8;1-2-3-4-5(7)6(4)8;1-2-3-4(6)5(3)7/h13H,2-8H2,1H3;12H,2-8H2,1H3;10H,2-4H2,1H3;9H,2-3H2,1H3;9H,2-4H2,1H3;8H,2H2,1H3;8H,2-3H2,1H3;8H,2-4H2,1H3;7H,2H2,1H3;7H,2-3H2,1H3;6H,2H2,1H3. The van der Waals surface area contributed by atoms with Crippen LogP contribution in [0.15, 0.2) is 53.9 Å². The molecule has 118 heavy (non-hydrogen) atoms. The summed E-state index contributed by atoms with van der Waals surface area (Å²) < 4.78 is 16.7. The lowest BCUT2D eigenvalue weighted by Crippen LogP contribution is -1.95. The highest BCUT2D eigenvalue weighted by Gasteiger charge is 2.17. The molecule has 0 spiro atoms. The summed E-state index contributed by atoms with van der Waals surface area (Å²) in [5, 5.41) is 0. The highest BCUT2D eigenvalue weighted by molar-refractivity contribution is 7.85. The molecule has 11 aromatic carbocycles. The molecule has 0 saturated heterocycles. The predicted molar refractivity (Wildman–Crippen MR) is 604 cm³/mol. The lowest BCUT2D eigenvalue weighted by molar-refractivity contribution is 0.604. The number of rotatable bonds is 32. The third-order valence-electron chi connectivity index (χ3n) is 18.8. The van der Waals surface area contributed by atoms with Crippen molar-refractivity contribution in [3.8, 4) is 0 Å². The lowest BCUT2D eigenvalue weighted by Gasteiger charge is -2.09. The SMILES string of the molecule is CCCCCCCCc1c(S)c(=S)c1=S.CCCCCCCCc1c(S)c1=S.CCCCc1c(S)c(=S)c(=S)c1=S.CCCCc1c(S)c(=S)c1=S.CCCCc1c(S)c1=S.CCCc1c(S)c(=S)c(=S)c1=S.CCCc1c(S)c(=S)c1=S.CCCc1c(S)c1=S.CCc1c(S)c(=S)c(=S)c1=S.CCc1c(S)c(=S)c1=S.CCc1c(S)c1=S. The van der Waals surface area contributed by atoms with Crippen molar-refractivity contribution in [3.05, 3.63) is 156 Å². The zero-order chi connectivity index (χ0) is 90.5. The highest BCUT2D eigenvalue weighted by atomic mass is 32.1. The minimum Gasteiger partial charge on any atom is -0.142 e. The first-order valence-electron chi connectivity index (χ1n) is 39.7. The van der Waals surface area contributed by atoms with Gasteiger partial charge in [-0.2, -0.15) is 0 Å². The summed E-state index contributed by atoms with van der Waals surface area (Å²) in [4.78, 5) is 10.6. The Kier molecular flexibility index (Phi) is 63.6. The Bertz CT molecular complexity index is 5840. The van der Waals surface area contributed by atoms with Gasteiger partial charge in [0.15, 0.2) is 0 Å². The smallest absolute Gasteiger partial charge is 0.0752 e. The Labute approximate surface area is 874 Å². The monoisotopic (exact) mass is 2160 g/mol. The molecular formula is C86H108S32. The van der Waals surface area contributed by atoms with Gasteiger partial charge in [-0.15, -0.1) is 139 Å². The van der Waals surface area contributed by atoms with Crippen molar-refractivity contribution in [2.75, 3.05) is 0 Å². The highest BCUT2D eigenvalue weighted by Crippen LogP contribution is 2.35. The van der Waals surface area contributed by atoms with Gasteiger partial charge in [-0.25, -0.2) is 0 Å². The maximum Gasteiger partial charge on any atom is 0.0752 e. The van der Waals surface area contributed by atoms with E-state index in [2.05, 4.69) is 208 Å². The summed E-state index contributed by atoms with van der Waals surface area (Å²) >= 11 is 152. The van der Waals surface area contributed by atoms with Crippen molar-refractivity contribution >= 4 is 395 Å². The molecule has 0 bridgehead atoms. The third kappa shape index (κ3) is 37.5. The van der Waals surface area contributed by atoms with E-state index in [4.69, 9.17) is 257 Å². The van der Waals surface area contributed by atoms with Crippen LogP contribution in [0.5, 0.6) is 0 Å². The van der Waals surface area contributed by atoms with Gasteiger partial charge in [0.25, 0.3) is 0 Å². The zero-order valence-corrected chi connectivity index (χ0v) is 95.6. The first-order valence-corrected chi connectivity index (χ1v) is 53.2. The van der Waals surface area contributed by atoms with Crippen molar-refractivity contribution < 1.29 is 0 Å². The lowest BCUT2D eigenvalue weighted by atomic mass is 10.0. The van der Waals surface area contributed by atoms with Gasteiger partial charge in [-0.3, -0.25) is 0 Å². The quantitative estimate of drug-likeness (QED) is 0.0110. The molecule has 0 aliphatic carbocycles. The average molecular weight is 2170 g/mol. The van der Waals surface area contributed by atoms with Crippen LogP contribution in [0.2, 0.25) is 0 Å². The van der Waals surface area contributed by atoms with Gasteiger partial charge in [-0.1, -0.05) is 435 Å². The molecule has 0 nitrogen and oxygen atoms in total. The van der Waals surface area contributed by atoms with Gasteiger partial charge >= 0.3 is 0 Å². The molecule has 0 radical (unpaired) electrons. The summed E-state index contributed by atoms with van der Waals surface area (Å²) in [6, 6.07) is 0. The molecule has 0 atom stereocenters. The van der Waals surface area contributed by atoms with Gasteiger partial charge in [0.1, 0.15) is 0 Å². The second-order valence-electron chi connectivity index (χ2n) is 27.7. The van der Waals surface area contributed by atoms with Crippen molar-refractivity contribution in [2.45, 2.75) is 335 Å².